The highest BCUT2D eigenvalue weighted by atomic mass is 32.2. The summed E-state index contributed by atoms with van der Waals surface area (Å²) < 4.78 is 24.8. The highest BCUT2D eigenvalue weighted by Crippen LogP contribution is 2.25. The van der Waals surface area contributed by atoms with E-state index in [0.29, 0.717) is 4.90 Å². The van der Waals surface area contributed by atoms with E-state index in [0.717, 1.165) is 17.2 Å². The summed E-state index contributed by atoms with van der Waals surface area (Å²) in [5.41, 5.74) is 0. The Hall–Kier alpha value is -1.35. The second kappa shape index (κ2) is 5.11. The van der Waals surface area contributed by atoms with Crippen LogP contribution in [-0.2, 0) is 9.84 Å². The Kier molecular flexibility index (Phi) is 3.71. The minimum Gasteiger partial charge on any atom is -0.224 e. The van der Waals surface area contributed by atoms with Crippen molar-refractivity contribution >= 4 is 20.6 Å². The molecule has 0 saturated carbocycles. The highest BCUT2D eigenvalue weighted by Gasteiger charge is 2.19. The smallest absolute Gasteiger partial charge is 0.179 e. The third kappa shape index (κ3) is 2.56. The molecular weight excluding hydrogens is 244 g/mol. The van der Waals surface area contributed by atoms with Gasteiger partial charge in [0.25, 0.3) is 0 Å². The molecule has 1 unspecified atom stereocenters. The van der Waals surface area contributed by atoms with Crippen LogP contribution in [0.1, 0.15) is 20.3 Å². The molecule has 0 aliphatic carbocycles. The minimum absolute atomic E-state index is 0.189. The van der Waals surface area contributed by atoms with Gasteiger partial charge in [0.1, 0.15) is 0 Å². The van der Waals surface area contributed by atoms with Crippen molar-refractivity contribution in [2.45, 2.75) is 25.2 Å². The van der Waals surface area contributed by atoms with E-state index < -0.39 is 9.84 Å². The van der Waals surface area contributed by atoms with Crippen LogP contribution in [0.3, 0.4) is 0 Å². The number of sulfone groups is 1. The molecule has 0 aliphatic heterocycles. The maximum Gasteiger partial charge on any atom is 0.179 e. The normalized spacial score (nSPS) is 13.7. The summed E-state index contributed by atoms with van der Waals surface area (Å²) in [6, 6.07) is 13.1. The van der Waals surface area contributed by atoms with Crippen molar-refractivity contribution in [3.8, 4) is 0 Å². The third-order valence-electron chi connectivity index (χ3n) is 3.29. The monoisotopic (exact) mass is 262 g/mol. The van der Waals surface area contributed by atoms with Gasteiger partial charge < -0.3 is 0 Å². The number of hydrogen-bond donors (Lipinski definition) is 0. The topological polar surface area (TPSA) is 34.1 Å². The van der Waals surface area contributed by atoms with Gasteiger partial charge in [0, 0.05) is 5.39 Å². The zero-order chi connectivity index (χ0) is 13.2. The Labute approximate surface area is 109 Å². The number of fused-ring (bicyclic) bond motifs is 1. The molecule has 0 saturated heterocycles. The van der Waals surface area contributed by atoms with Crippen LogP contribution in [0.5, 0.6) is 0 Å². The van der Waals surface area contributed by atoms with Crippen LogP contribution in [0.25, 0.3) is 10.8 Å². The lowest BCUT2D eigenvalue weighted by Gasteiger charge is -2.11. The lowest BCUT2D eigenvalue weighted by atomic mass is 10.1. The van der Waals surface area contributed by atoms with Crippen molar-refractivity contribution in [3.63, 3.8) is 0 Å². The Morgan fingerprint density at radius 1 is 1.06 bits per heavy atom. The molecule has 3 heteroatoms. The van der Waals surface area contributed by atoms with Crippen molar-refractivity contribution < 1.29 is 8.42 Å². The third-order valence-corrected chi connectivity index (χ3v) is 5.32. The average Bonchev–Trinajstić information content (AvgIpc) is 2.37. The van der Waals surface area contributed by atoms with Crippen LogP contribution in [0.4, 0.5) is 0 Å². The molecule has 0 radical (unpaired) electrons. The number of benzene rings is 2. The molecule has 18 heavy (non-hydrogen) atoms. The van der Waals surface area contributed by atoms with Crippen molar-refractivity contribution in [2.24, 2.45) is 5.92 Å². The van der Waals surface area contributed by atoms with Crippen LogP contribution in [0, 0.1) is 5.92 Å². The van der Waals surface area contributed by atoms with Gasteiger partial charge in [-0.2, -0.15) is 0 Å². The molecule has 0 amide bonds. The summed E-state index contributed by atoms with van der Waals surface area (Å²) in [6.07, 6.45) is 0.879. The quantitative estimate of drug-likeness (QED) is 0.842. The van der Waals surface area contributed by atoms with Crippen molar-refractivity contribution in [3.05, 3.63) is 42.5 Å². The zero-order valence-corrected chi connectivity index (χ0v) is 11.6. The standard InChI is InChI=1S/C15H18O2S/c1-3-12(2)11-18(16,17)15-10-6-8-13-7-4-5-9-14(13)15/h4-10,12H,3,11H2,1-2H3. The Bertz CT molecular complexity index is 639. The molecule has 1 atom stereocenters. The van der Waals surface area contributed by atoms with E-state index >= 15 is 0 Å². The molecule has 2 aromatic rings. The second-order valence-electron chi connectivity index (χ2n) is 4.77. The van der Waals surface area contributed by atoms with Gasteiger partial charge in [0.05, 0.1) is 10.6 Å². The van der Waals surface area contributed by atoms with Gasteiger partial charge in [-0.1, -0.05) is 56.7 Å². The fourth-order valence-electron chi connectivity index (χ4n) is 2.05. The summed E-state index contributed by atoms with van der Waals surface area (Å²) in [6.45, 7) is 3.99. The molecule has 0 bridgehead atoms. The van der Waals surface area contributed by atoms with Gasteiger partial charge in [-0.15, -0.1) is 0 Å². The Morgan fingerprint density at radius 3 is 2.44 bits per heavy atom. The van der Waals surface area contributed by atoms with Crippen LogP contribution < -0.4 is 0 Å². The number of rotatable bonds is 4. The summed E-state index contributed by atoms with van der Waals surface area (Å²) in [5, 5.41) is 1.80. The molecule has 2 rings (SSSR count). The van der Waals surface area contributed by atoms with Crippen molar-refractivity contribution in [1.29, 1.82) is 0 Å². The molecule has 0 heterocycles. The van der Waals surface area contributed by atoms with Gasteiger partial charge in [-0.05, 0) is 17.4 Å². The van der Waals surface area contributed by atoms with E-state index in [-0.39, 0.29) is 11.7 Å². The van der Waals surface area contributed by atoms with Gasteiger partial charge in [-0.3, -0.25) is 0 Å². The van der Waals surface area contributed by atoms with E-state index in [9.17, 15) is 8.42 Å². The molecule has 2 nitrogen and oxygen atoms in total. The summed E-state index contributed by atoms with van der Waals surface area (Å²) >= 11 is 0. The van der Waals surface area contributed by atoms with Crippen molar-refractivity contribution in [1.82, 2.24) is 0 Å². The fourth-order valence-corrected chi connectivity index (χ4v) is 4.02. The molecule has 2 aromatic carbocycles. The highest BCUT2D eigenvalue weighted by molar-refractivity contribution is 7.91. The maximum atomic E-state index is 12.4. The van der Waals surface area contributed by atoms with E-state index in [4.69, 9.17) is 0 Å². The van der Waals surface area contributed by atoms with Crippen LogP contribution in [-0.4, -0.2) is 14.2 Å². The molecule has 0 N–H and O–H groups in total. The van der Waals surface area contributed by atoms with E-state index in [1.807, 2.05) is 50.2 Å². The lowest BCUT2D eigenvalue weighted by molar-refractivity contribution is 0.565. The van der Waals surface area contributed by atoms with Gasteiger partial charge in [0.15, 0.2) is 9.84 Å². The molecule has 0 aliphatic rings. The van der Waals surface area contributed by atoms with Crippen LogP contribution >= 0.6 is 0 Å². The van der Waals surface area contributed by atoms with E-state index in [1.165, 1.54) is 0 Å². The molecule has 0 aromatic heterocycles. The van der Waals surface area contributed by atoms with Gasteiger partial charge >= 0.3 is 0 Å². The lowest BCUT2D eigenvalue weighted by Crippen LogP contribution is -2.13. The summed E-state index contributed by atoms with van der Waals surface area (Å²) in [4.78, 5) is 0.459. The molecular formula is C15H18O2S. The van der Waals surface area contributed by atoms with Gasteiger partial charge in [0.2, 0.25) is 0 Å². The average molecular weight is 262 g/mol. The van der Waals surface area contributed by atoms with E-state index in [1.54, 1.807) is 6.07 Å². The zero-order valence-electron chi connectivity index (χ0n) is 10.8. The second-order valence-corrected chi connectivity index (χ2v) is 6.77. The Balaban J connectivity index is 2.54. The SMILES string of the molecule is CCC(C)CS(=O)(=O)c1cccc2ccccc12. The fraction of sp³-hybridized carbons (Fsp3) is 0.333. The number of hydrogen-bond acceptors (Lipinski definition) is 2. The predicted molar refractivity (Wildman–Crippen MR) is 75.5 cm³/mol. The van der Waals surface area contributed by atoms with Crippen LogP contribution in [0.2, 0.25) is 0 Å². The molecule has 0 fully saturated rings. The first-order valence-electron chi connectivity index (χ1n) is 6.25. The van der Waals surface area contributed by atoms with E-state index in [2.05, 4.69) is 0 Å². The summed E-state index contributed by atoms with van der Waals surface area (Å²) in [7, 11) is -3.20. The predicted octanol–water partition coefficient (Wildman–Crippen LogP) is 3.66. The molecule has 96 valence electrons. The largest absolute Gasteiger partial charge is 0.224 e. The first-order chi connectivity index (χ1) is 8.54. The first-order valence-corrected chi connectivity index (χ1v) is 7.90. The Morgan fingerprint density at radius 2 is 1.72 bits per heavy atom. The minimum atomic E-state index is -3.20. The summed E-state index contributed by atoms with van der Waals surface area (Å²) in [5.74, 6) is 0.409. The van der Waals surface area contributed by atoms with Crippen LogP contribution in [0.15, 0.2) is 47.4 Å². The first kappa shape index (κ1) is 13.1. The maximum absolute atomic E-state index is 12.4. The van der Waals surface area contributed by atoms with Crippen molar-refractivity contribution in [2.75, 3.05) is 5.75 Å². The molecule has 0 spiro atoms. The van der Waals surface area contributed by atoms with Gasteiger partial charge in [-0.25, -0.2) is 8.42 Å².